The molecule has 4 aromatic rings. The Balaban J connectivity index is 1.51. The molecule has 0 bridgehead atoms. The number of aliphatic hydroxyl groups is 1. The summed E-state index contributed by atoms with van der Waals surface area (Å²) in [4.78, 5) is 43.3. The molecule has 0 aliphatic rings. The Morgan fingerprint density at radius 2 is 1.38 bits per heavy atom. The monoisotopic (exact) mass is 638 g/mol. The first-order chi connectivity index (χ1) is 22.6. The molecule has 0 saturated heterocycles. The number of hydrogen-bond donors (Lipinski definition) is 4. The predicted octanol–water partition coefficient (Wildman–Crippen LogP) is 6.06. The average molecular weight is 639 g/mol. The van der Waals surface area contributed by atoms with Gasteiger partial charge in [-0.05, 0) is 75.4 Å². The summed E-state index contributed by atoms with van der Waals surface area (Å²) < 4.78 is 10.8. The molecular formula is C37H42N4O6. The summed E-state index contributed by atoms with van der Waals surface area (Å²) in [7, 11) is 0. The highest BCUT2D eigenvalue weighted by atomic mass is 16.6. The second-order valence-electron chi connectivity index (χ2n) is 12.2. The van der Waals surface area contributed by atoms with Gasteiger partial charge in [0, 0.05) is 12.2 Å². The van der Waals surface area contributed by atoms with E-state index in [0.717, 1.165) is 11.1 Å². The van der Waals surface area contributed by atoms with Gasteiger partial charge in [-0.25, -0.2) is 9.59 Å². The van der Waals surface area contributed by atoms with Gasteiger partial charge in [0.25, 0.3) is 5.91 Å². The molecule has 3 aromatic carbocycles. The topological polar surface area (TPSA) is 139 Å². The molecule has 3 amide bonds. The Bertz CT molecular complexity index is 1580. The molecule has 10 nitrogen and oxygen atoms in total. The van der Waals surface area contributed by atoms with E-state index >= 15 is 0 Å². The molecule has 4 N–H and O–H groups in total. The number of nitrogens with zero attached hydrogens (tertiary/aromatic N) is 1. The smallest absolute Gasteiger partial charge is 0.412 e. The lowest BCUT2D eigenvalue weighted by Gasteiger charge is -2.29. The highest BCUT2D eigenvalue weighted by Crippen LogP contribution is 2.19. The Hall–Kier alpha value is -5.22. The second-order valence-corrected chi connectivity index (χ2v) is 12.2. The van der Waals surface area contributed by atoms with E-state index in [4.69, 9.17) is 9.47 Å². The van der Waals surface area contributed by atoms with Crippen LogP contribution >= 0.6 is 0 Å². The van der Waals surface area contributed by atoms with E-state index in [-0.39, 0.29) is 24.3 Å². The fourth-order valence-corrected chi connectivity index (χ4v) is 4.98. The van der Waals surface area contributed by atoms with Gasteiger partial charge >= 0.3 is 12.2 Å². The van der Waals surface area contributed by atoms with Gasteiger partial charge in [0.2, 0.25) is 0 Å². The van der Waals surface area contributed by atoms with Crippen LogP contribution in [0.15, 0.2) is 109 Å². The van der Waals surface area contributed by atoms with Crippen molar-refractivity contribution in [2.75, 3.05) is 5.32 Å². The molecule has 0 unspecified atom stereocenters. The van der Waals surface area contributed by atoms with Crippen molar-refractivity contribution in [1.82, 2.24) is 15.6 Å². The van der Waals surface area contributed by atoms with Gasteiger partial charge in [-0.1, -0.05) is 78.9 Å². The number of ether oxygens (including phenoxy) is 2. The van der Waals surface area contributed by atoms with Gasteiger partial charge in [-0.2, -0.15) is 0 Å². The number of para-hydroxylation sites is 1. The van der Waals surface area contributed by atoms with E-state index in [0.29, 0.717) is 18.5 Å². The molecule has 0 spiro atoms. The molecule has 4 rings (SSSR count). The number of carbonyl (C=O) groups excluding carboxylic acids is 3. The van der Waals surface area contributed by atoms with E-state index in [1.54, 1.807) is 69.4 Å². The minimum absolute atomic E-state index is 0.0339. The average Bonchev–Trinajstić information content (AvgIpc) is 3.04. The van der Waals surface area contributed by atoms with Crippen LogP contribution < -0.4 is 16.0 Å². The standard InChI is InChI=1S/C37H42N4O6/c1-37(2,3)47-36(45)39-29(22-26-14-6-4-7-15-26)24-33(42)32(23-27-16-8-5-9-17-27)40-34(43)30-19-10-11-20-31(30)41-35(44)46-25-28-18-12-13-21-38-28/h4-21,29,32-33,42H,22-25H2,1-3H3,(H,39,45)(H,40,43)(H,41,44)/t29-,32-,33-/m0/s1. The lowest BCUT2D eigenvalue weighted by Crippen LogP contribution is -2.49. The minimum Gasteiger partial charge on any atom is -0.444 e. The number of aliphatic hydroxyl groups excluding tert-OH is 1. The first-order valence-corrected chi connectivity index (χ1v) is 15.5. The Kier molecular flexibility index (Phi) is 12.5. The number of hydrogen-bond acceptors (Lipinski definition) is 7. The number of nitrogens with one attached hydrogen (secondary N) is 3. The Labute approximate surface area is 275 Å². The van der Waals surface area contributed by atoms with Crippen LogP contribution in [-0.4, -0.2) is 52.0 Å². The fourth-order valence-electron chi connectivity index (χ4n) is 4.98. The van der Waals surface area contributed by atoms with Crippen molar-refractivity contribution in [3.05, 3.63) is 132 Å². The fraction of sp³-hybridized carbons (Fsp3) is 0.297. The molecule has 47 heavy (non-hydrogen) atoms. The zero-order valence-corrected chi connectivity index (χ0v) is 26.9. The minimum atomic E-state index is -1.06. The van der Waals surface area contributed by atoms with Crippen LogP contribution in [0.3, 0.4) is 0 Å². The van der Waals surface area contributed by atoms with Crippen LogP contribution in [0.25, 0.3) is 0 Å². The summed E-state index contributed by atoms with van der Waals surface area (Å²) in [6, 6.07) is 29.7. The second kappa shape index (κ2) is 16.9. The zero-order valence-electron chi connectivity index (χ0n) is 26.9. The number of aromatic nitrogens is 1. The molecule has 10 heteroatoms. The summed E-state index contributed by atoms with van der Waals surface area (Å²) in [5.41, 5.74) is 2.20. The van der Waals surface area contributed by atoms with Gasteiger partial charge in [0.15, 0.2) is 0 Å². The quantitative estimate of drug-likeness (QED) is 0.140. The van der Waals surface area contributed by atoms with Crippen molar-refractivity contribution in [2.45, 2.75) is 70.4 Å². The van der Waals surface area contributed by atoms with Crippen molar-refractivity contribution in [3.8, 4) is 0 Å². The largest absolute Gasteiger partial charge is 0.444 e. The Morgan fingerprint density at radius 1 is 0.766 bits per heavy atom. The van der Waals surface area contributed by atoms with E-state index in [1.807, 2.05) is 60.7 Å². The van der Waals surface area contributed by atoms with Gasteiger partial charge in [-0.15, -0.1) is 0 Å². The molecular weight excluding hydrogens is 596 g/mol. The van der Waals surface area contributed by atoms with Crippen molar-refractivity contribution in [2.24, 2.45) is 0 Å². The zero-order chi connectivity index (χ0) is 33.6. The van der Waals surface area contributed by atoms with Gasteiger partial charge in [0.1, 0.15) is 12.2 Å². The molecule has 0 aliphatic carbocycles. The van der Waals surface area contributed by atoms with Crippen LogP contribution in [0.5, 0.6) is 0 Å². The summed E-state index contributed by atoms with van der Waals surface area (Å²) in [5, 5.41) is 20.2. The number of rotatable bonds is 13. The van der Waals surface area contributed by atoms with E-state index in [1.165, 1.54) is 0 Å². The normalized spacial score (nSPS) is 13.0. The number of anilines is 1. The molecule has 1 aromatic heterocycles. The number of pyridine rings is 1. The third-order valence-corrected chi connectivity index (χ3v) is 7.14. The van der Waals surface area contributed by atoms with Crippen LogP contribution in [-0.2, 0) is 28.9 Å². The molecule has 0 saturated carbocycles. The number of carbonyl (C=O) groups is 3. The van der Waals surface area contributed by atoms with Gasteiger partial charge < -0.3 is 25.2 Å². The maximum atomic E-state index is 13.7. The molecule has 246 valence electrons. The Morgan fingerprint density at radius 3 is 2.02 bits per heavy atom. The molecule has 1 heterocycles. The van der Waals surface area contributed by atoms with Crippen LogP contribution in [0.2, 0.25) is 0 Å². The summed E-state index contributed by atoms with van der Waals surface area (Å²) in [5.74, 6) is -0.495. The molecule has 3 atom stereocenters. The third kappa shape index (κ3) is 11.9. The molecule has 0 aliphatic heterocycles. The van der Waals surface area contributed by atoms with Crippen LogP contribution in [0.4, 0.5) is 15.3 Å². The van der Waals surface area contributed by atoms with E-state index in [9.17, 15) is 19.5 Å². The third-order valence-electron chi connectivity index (χ3n) is 7.14. The van der Waals surface area contributed by atoms with Crippen molar-refractivity contribution in [1.29, 1.82) is 0 Å². The van der Waals surface area contributed by atoms with Crippen LogP contribution in [0, 0.1) is 0 Å². The lowest BCUT2D eigenvalue weighted by atomic mass is 9.93. The number of alkyl carbamates (subject to hydrolysis) is 1. The van der Waals surface area contributed by atoms with Crippen molar-refractivity contribution >= 4 is 23.8 Å². The summed E-state index contributed by atoms with van der Waals surface area (Å²) in [6.45, 7) is 5.32. The first-order valence-electron chi connectivity index (χ1n) is 15.5. The van der Waals surface area contributed by atoms with E-state index < -0.39 is 41.9 Å². The number of amides is 3. The maximum absolute atomic E-state index is 13.7. The highest BCUT2D eigenvalue weighted by Gasteiger charge is 2.28. The highest BCUT2D eigenvalue weighted by molar-refractivity contribution is 6.02. The predicted molar refractivity (Wildman–Crippen MR) is 180 cm³/mol. The molecule has 0 radical (unpaired) electrons. The molecule has 0 fully saturated rings. The van der Waals surface area contributed by atoms with Gasteiger partial charge in [0.05, 0.1) is 29.1 Å². The van der Waals surface area contributed by atoms with Crippen molar-refractivity contribution < 1.29 is 29.0 Å². The summed E-state index contributed by atoms with van der Waals surface area (Å²) >= 11 is 0. The SMILES string of the molecule is CC(C)(C)OC(=O)N[C@@H](Cc1ccccc1)C[C@H](O)[C@H](Cc1ccccc1)NC(=O)c1ccccc1NC(=O)OCc1ccccn1. The first kappa shape index (κ1) is 34.6. The lowest BCUT2D eigenvalue weighted by molar-refractivity contribution is 0.0463. The van der Waals surface area contributed by atoms with Gasteiger partial charge in [-0.3, -0.25) is 15.1 Å². The van der Waals surface area contributed by atoms with Crippen molar-refractivity contribution in [3.63, 3.8) is 0 Å². The summed E-state index contributed by atoms with van der Waals surface area (Å²) in [6.07, 6.45) is 0.0973. The van der Waals surface area contributed by atoms with Crippen LogP contribution in [0.1, 0.15) is 54.4 Å². The van der Waals surface area contributed by atoms with E-state index in [2.05, 4.69) is 20.9 Å². The maximum Gasteiger partial charge on any atom is 0.412 e. The number of benzene rings is 3.